The lowest BCUT2D eigenvalue weighted by molar-refractivity contribution is 1.18. The SMILES string of the molecule is Cc1csc(CSc2ccccc2N)n1. The van der Waals surface area contributed by atoms with E-state index in [1.54, 1.807) is 23.1 Å². The molecule has 2 nitrogen and oxygen atoms in total. The van der Waals surface area contributed by atoms with Gasteiger partial charge in [-0.05, 0) is 19.1 Å². The van der Waals surface area contributed by atoms with Crippen LogP contribution < -0.4 is 5.73 Å². The van der Waals surface area contributed by atoms with E-state index in [1.807, 2.05) is 31.2 Å². The molecule has 2 rings (SSSR count). The molecule has 0 fully saturated rings. The number of nitrogens with zero attached hydrogens (tertiary/aromatic N) is 1. The molecule has 0 amide bonds. The Labute approximate surface area is 97.5 Å². The van der Waals surface area contributed by atoms with E-state index in [-0.39, 0.29) is 0 Å². The van der Waals surface area contributed by atoms with Crippen molar-refractivity contribution in [1.29, 1.82) is 0 Å². The number of benzene rings is 1. The van der Waals surface area contributed by atoms with Crippen LogP contribution in [0.4, 0.5) is 5.69 Å². The Kier molecular flexibility index (Phi) is 3.28. The third-order valence-electron chi connectivity index (χ3n) is 1.94. The van der Waals surface area contributed by atoms with Crippen molar-refractivity contribution in [2.24, 2.45) is 0 Å². The normalized spacial score (nSPS) is 10.5. The highest BCUT2D eigenvalue weighted by atomic mass is 32.2. The van der Waals surface area contributed by atoms with Gasteiger partial charge in [-0.15, -0.1) is 23.1 Å². The van der Waals surface area contributed by atoms with Gasteiger partial charge in [0.05, 0.1) is 5.75 Å². The van der Waals surface area contributed by atoms with Crippen LogP contribution in [0.3, 0.4) is 0 Å². The van der Waals surface area contributed by atoms with Gasteiger partial charge in [-0.25, -0.2) is 4.98 Å². The molecule has 0 aliphatic heterocycles. The fraction of sp³-hybridized carbons (Fsp3) is 0.182. The first-order valence-electron chi connectivity index (χ1n) is 4.64. The van der Waals surface area contributed by atoms with E-state index in [1.165, 1.54) is 0 Å². The number of aromatic nitrogens is 1. The molecule has 4 heteroatoms. The summed E-state index contributed by atoms with van der Waals surface area (Å²) in [6.07, 6.45) is 0. The van der Waals surface area contributed by atoms with Gasteiger partial charge in [-0.1, -0.05) is 12.1 Å². The minimum absolute atomic E-state index is 0.843. The lowest BCUT2D eigenvalue weighted by atomic mass is 10.3. The Morgan fingerprint density at radius 1 is 1.40 bits per heavy atom. The fourth-order valence-electron chi connectivity index (χ4n) is 1.22. The number of nitrogen functional groups attached to an aromatic ring is 1. The first-order valence-corrected chi connectivity index (χ1v) is 6.50. The van der Waals surface area contributed by atoms with Crippen LogP contribution in [0.5, 0.6) is 0 Å². The Balaban J connectivity index is 2.02. The average Bonchev–Trinajstić information content (AvgIpc) is 2.63. The molecule has 1 heterocycles. The number of thioether (sulfide) groups is 1. The molecule has 78 valence electrons. The predicted molar refractivity (Wildman–Crippen MR) is 67.3 cm³/mol. The van der Waals surface area contributed by atoms with Crippen molar-refractivity contribution in [1.82, 2.24) is 4.98 Å². The third kappa shape index (κ3) is 2.73. The van der Waals surface area contributed by atoms with Crippen LogP contribution in [-0.2, 0) is 5.75 Å². The first kappa shape index (κ1) is 10.5. The Morgan fingerprint density at radius 2 is 2.20 bits per heavy atom. The molecule has 0 saturated heterocycles. The Morgan fingerprint density at radius 3 is 2.87 bits per heavy atom. The van der Waals surface area contributed by atoms with E-state index in [2.05, 4.69) is 10.4 Å². The van der Waals surface area contributed by atoms with Crippen molar-refractivity contribution in [2.45, 2.75) is 17.6 Å². The van der Waals surface area contributed by atoms with Gasteiger partial charge in [0, 0.05) is 21.7 Å². The maximum Gasteiger partial charge on any atom is 0.103 e. The summed E-state index contributed by atoms with van der Waals surface area (Å²) < 4.78 is 0. The van der Waals surface area contributed by atoms with Crippen LogP contribution in [0, 0.1) is 6.92 Å². The molecular weight excluding hydrogens is 224 g/mol. The number of para-hydroxylation sites is 1. The summed E-state index contributed by atoms with van der Waals surface area (Å²) in [5.74, 6) is 0.896. The maximum absolute atomic E-state index is 5.85. The van der Waals surface area contributed by atoms with E-state index in [9.17, 15) is 0 Å². The van der Waals surface area contributed by atoms with Gasteiger partial charge in [-0.3, -0.25) is 0 Å². The van der Waals surface area contributed by atoms with Crippen molar-refractivity contribution in [2.75, 3.05) is 5.73 Å². The second-order valence-electron chi connectivity index (χ2n) is 3.21. The van der Waals surface area contributed by atoms with Crippen LogP contribution >= 0.6 is 23.1 Å². The summed E-state index contributed by atoms with van der Waals surface area (Å²) in [7, 11) is 0. The number of rotatable bonds is 3. The zero-order valence-corrected chi connectivity index (χ0v) is 10.1. The smallest absolute Gasteiger partial charge is 0.103 e. The summed E-state index contributed by atoms with van der Waals surface area (Å²) in [6, 6.07) is 7.93. The van der Waals surface area contributed by atoms with Crippen LogP contribution in [0.1, 0.15) is 10.7 Å². The highest BCUT2D eigenvalue weighted by Gasteiger charge is 2.02. The van der Waals surface area contributed by atoms with E-state index < -0.39 is 0 Å². The zero-order chi connectivity index (χ0) is 10.7. The number of nitrogens with two attached hydrogens (primary N) is 1. The van der Waals surface area contributed by atoms with Crippen LogP contribution in [-0.4, -0.2) is 4.98 Å². The van der Waals surface area contributed by atoms with Crippen molar-refractivity contribution in [3.63, 3.8) is 0 Å². The number of aryl methyl sites for hydroxylation is 1. The standard InChI is InChI=1S/C11H12N2S2/c1-8-6-15-11(13-8)7-14-10-5-3-2-4-9(10)12/h2-6H,7,12H2,1H3. The molecule has 1 aromatic heterocycles. The quantitative estimate of drug-likeness (QED) is 0.656. The largest absolute Gasteiger partial charge is 0.398 e. The van der Waals surface area contributed by atoms with Crippen LogP contribution in [0.25, 0.3) is 0 Å². The monoisotopic (exact) mass is 236 g/mol. The van der Waals surface area contributed by atoms with Gasteiger partial charge in [-0.2, -0.15) is 0 Å². The molecule has 2 aromatic rings. The lowest BCUT2D eigenvalue weighted by Gasteiger charge is -2.02. The highest BCUT2D eigenvalue weighted by molar-refractivity contribution is 7.98. The van der Waals surface area contributed by atoms with E-state index in [0.717, 1.165) is 27.0 Å². The molecule has 0 spiro atoms. The summed E-state index contributed by atoms with van der Waals surface area (Å²) in [5, 5.41) is 3.23. The maximum atomic E-state index is 5.85. The van der Waals surface area contributed by atoms with E-state index >= 15 is 0 Å². The van der Waals surface area contributed by atoms with Gasteiger partial charge < -0.3 is 5.73 Å². The van der Waals surface area contributed by atoms with Gasteiger partial charge in [0.1, 0.15) is 5.01 Å². The average molecular weight is 236 g/mol. The fourth-order valence-corrected chi connectivity index (χ4v) is 2.98. The number of anilines is 1. The molecule has 15 heavy (non-hydrogen) atoms. The second kappa shape index (κ2) is 4.68. The molecule has 0 unspecified atom stereocenters. The molecule has 2 N–H and O–H groups in total. The summed E-state index contributed by atoms with van der Waals surface area (Å²) in [4.78, 5) is 5.54. The Bertz CT molecular complexity index is 451. The van der Waals surface area contributed by atoms with E-state index in [0.29, 0.717) is 0 Å². The molecule has 0 radical (unpaired) electrons. The number of hydrogen-bond acceptors (Lipinski definition) is 4. The van der Waals surface area contributed by atoms with Crippen molar-refractivity contribution >= 4 is 28.8 Å². The molecule has 0 aliphatic rings. The van der Waals surface area contributed by atoms with Gasteiger partial charge in [0.25, 0.3) is 0 Å². The Hall–Kier alpha value is -1.00. The summed E-state index contributed by atoms with van der Waals surface area (Å²) >= 11 is 3.44. The molecule has 1 aromatic carbocycles. The summed E-state index contributed by atoms with van der Waals surface area (Å²) in [5.41, 5.74) is 7.79. The minimum Gasteiger partial charge on any atom is -0.398 e. The first-order chi connectivity index (χ1) is 7.25. The number of thiazole rings is 1. The van der Waals surface area contributed by atoms with Crippen molar-refractivity contribution < 1.29 is 0 Å². The van der Waals surface area contributed by atoms with Gasteiger partial charge in [0.15, 0.2) is 0 Å². The predicted octanol–water partition coefficient (Wildman–Crippen LogP) is 3.33. The van der Waals surface area contributed by atoms with Crippen molar-refractivity contribution in [3.8, 4) is 0 Å². The molecular formula is C11H12N2S2. The van der Waals surface area contributed by atoms with E-state index in [4.69, 9.17) is 5.73 Å². The van der Waals surface area contributed by atoms with Crippen LogP contribution in [0.15, 0.2) is 34.5 Å². The third-order valence-corrected chi connectivity index (χ3v) is 4.19. The topological polar surface area (TPSA) is 38.9 Å². The van der Waals surface area contributed by atoms with Gasteiger partial charge >= 0.3 is 0 Å². The lowest BCUT2D eigenvalue weighted by Crippen LogP contribution is -1.87. The molecule has 0 aliphatic carbocycles. The molecule has 0 bridgehead atoms. The highest BCUT2D eigenvalue weighted by Crippen LogP contribution is 2.28. The van der Waals surface area contributed by atoms with Crippen LogP contribution in [0.2, 0.25) is 0 Å². The molecule has 0 atom stereocenters. The van der Waals surface area contributed by atoms with Gasteiger partial charge in [0.2, 0.25) is 0 Å². The van der Waals surface area contributed by atoms with Crippen molar-refractivity contribution in [3.05, 3.63) is 40.3 Å². The zero-order valence-electron chi connectivity index (χ0n) is 8.43. The number of hydrogen-bond donors (Lipinski definition) is 1. The second-order valence-corrected chi connectivity index (χ2v) is 5.17. The summed E-state index contributed by atoms with van der Waals surface area (Å²) in [6.45, 7) is 2.02. The minimum atomic E-state index is 0.843. The molecule has 0 saturated carbocycles.